The molecule has 21 heavy (non-hydrogen) atoms. The lowest BCUT2D eigenvalue weighted by Gasteiger charge is -2.06. The van der Waals surface area contributed by atoms with E-state index in [0.29, 0.717) is 12.1 Å². The van der Waals surface area contributed by atoms with E-state index < -0.39 is 0 Å². The second-order valence-electron chi connectivity index (χ2n) is 4.59. The van der Waals surface area contributed by atoms with Crippen LogP contribution in [0.15, 0.2) is 66.2 Å². The molecular weight excluding hydrogens is 280 g/mol. The third-order valence-electron chi connectivity index (χ3n) is 3.10. The van der Waals surface area contributed by atoms with E-state index in [0.717, 1.165) is 16.1 Å². The number of thiazole rings is 1. The van der Waals surface area contributed by atoms with Gasteiger partial charge >= 0.3 is 0 Å². The summed E-state index contributed by atoms with van der Waals surface area (Å²) in [5.74, 6) is -0.0600. The molecule has 0 radical (unpaired) electrons. The number of aromatic nitrogens is 1. The third-order valence-corrected chi connectivity index (χ3v) is 3.92. The van der Waals surface area contributed by atoms with E-state index in [1.807, 2.05) is 41.8 Å². The van der Waals surface area contributed by atoms with Crippen molar-refractivity contribution in [3.8, 4) is 10.6 Å². The van der Waals surface area contributed by atoms with Crippen molar-refractivity contribution < 1.29 is 4.79 Å². The number of nitrogens with one attached hydrogen (secondary N) is 1. The van der Waals surface area contributed by atoms with Crippen LogP contribution in [0, 0.1) is 0 Å². The van der Waals surface area contributed by atoms with Gasteiger partial charge in [0.2, 0.25) is 0 Å². The maximum atomic E-state index is 12.0. The lowest BCUT2D eigenvalue weighted by molar-refractivity contribution is 0.0951. The first-order valence-corrected chi connectivity index (χ1v) is 7.53. The summed E-state index contributed by atoms with van der Waals surface area (Å²) in [5, 5.41) is 5.88. The van der Waals surface area contributed by atoms with Crippen molar-refractivity contribution in [3.63, 3.8) is 0 Å². The van der Waals surface area contributed by atoms with E-state index in [1.165, 1.54) is 0 Å². The zero-order valence-electron chi connectivity index (χ0n) is 11.3. The van der Waals surface area contributed by atoms with Crippen molar-refractivity contribution >= 4 is 17.2 Å². The number of carbonyl (C=O) groups is 1. The molecule has 2 aromatic carbocycles. The Morgan fingerprint density at radius 3 is 2.71 bits per heavy atom. The monoisotopic (exact) mass is 294 g/mol. The summed E-state index contributed by atoms with van der Waals surface area (Å²) in [6, 6.07) is 17.3. The zero-order valence-corrected chi connectivity index (χ0v) is 12.1. The molecule has 0 saturated carbocycles. The van der Waals surface area contributed by atoms with Crippen molar-refractivity contribution in [1.82, 2.24) is 10.3 Å². The Morgan fingerprint density at radius 2 is 1.95 bits per heavy atom. The molecule has 4 heteroatoms. The van der Waals surface area contributed by atoms with Gasteiger partial charge in [-0.3, -0.25) is 4.79 Å². The minimum absolute atomic E-state index is 0.0600. The molecule has 0 aliphatic rings. The van der Waals surface area contributed by atoms with E-state index in [1.54, 1.807) is 29.7 Å². The molecular formula is C17H14N2OS. The fraction of sp³-hybridized carbons (Fsp3) is 0.0588. The van der Waals surface area contributed by atoms with Crippen LogP contribution in [0.3, 0.4) is 0 Å². The minimum Gasteiger partial charge on any atom is -0.348 e. The molecule has 0 unspecified atom stereocenters. The Labute approximate surface area is 127 Å². The van der Waals surface area contributed by atoms with Gasteiger partial charge in [0, 0.05) is 29.2 Å². The molecule has 1 heterocycles. The van der Waals surface area contributed by atoms with Crippen LogP contribution in [-0.2, 0) is 6.54 Å². The van der Waals surface area contributed by atoms with Crippen molar-refractivity contribution in [1.29, 1.82) is 0 Å². The second-order valence-corrected chi connectivity index (χ2v) is 5.48. The summed E-state index contributed by atoms with van der Waals surface area (Å²) in [4.78, 5) is 16.3. The van der Waals surface area contributed by atoms with Crippen LogP contribution < -0.4 is 5.32 Å². The molecule has 104 valence electrons. The zero-order chi connectivity index (χ0) is 14.5. The maximum absolute atomic E-state index is 12.0. The molecule has 3 aromatic rings. The summed E-state index contributed by atoms with van der Waals surface area (Å²) in [6.07, 6.45) is 1.80. The van der Waals surface area contributed by atoms with Gasteiger partial charge in [0.1, 0.15) is 5.01 Å². The number of carbonyl (C=O) groups excluding carboxylic acids is 1. The standard InChI is InChI=1S/C17H14N2OS/c20-16(14-6-2-1-3-7-14)19-12-13-5-4-8-15(11-13)17-18-9-10-21-17/h1-11H,12H2,(H,19,20). The van der Waals surface area contributed by atoms with Crippen molar-refractivity contribution in [2.75, 3.05) is 0 Å². The van der Waals surface area contributed by atoms with Crippen molar-refractivity contribution in [2.24, 2.45) is 0 Å². The first kappa shape index (κ1) is 13.5. The highest BCUT2D eigenvalue weighted by atomic mass is 32.1. The van der Waals surface area contributed by atoms with Crippen LogP contribution in [0.2, 0.25) is 0 Å². The van der Waals surface area contributed by atoms with Gasteiger partial charge in [-0.2, -0.15) is 0 Å². The molecule has 3 nitrogen and oxygen atoms in total. The Kier molecular flexibility index (Phi) is 4.07. The molecule has 0 spiro atoms. The first-order valence-electron chi connectivity index (χ1n) is 6.65. The lowest BCUT2D eigenvalue weighted by Crippen LogP contribution is -2.22. The van der Waals surface area contributed by atoms with Crippen LogP contribution in [-0.4, -0.2) is 10.9 Å². The van der Waals surface area contributed by atoms with Crippen LogP contribution in [0.25, 0.3) is 10.6 Å². The second kappa shape index (κ2) is 6.33. The van der Waals surface area contributed by atoms with E-state index >= 15 is 0 Å². The van der Waals surface area contributed by atoms with Gasteiger partial charge in [0.15, 0.2) is 0 Å². The molecule has 0 saturated heterocycles. The van der Waals surface area contributed by atoms with E-state index in [9.17, 15) is 4.79 Å². The quantitative estimate of drug-likeness (QED) is 0.796. The van der Waals surface area contributed by atoms with Crippen molar-refractivity contribution in [2.45, 2.75) is 6.54 Å². The van der Waals surface area contributed by atoms with Gasteiger partial charge in [-0.1, -0.05) is 36.4 Å². The molecule has 1 amide bonds. The molecule has 3 rings (SSSR count). The summed E-state index contributed by atoms with van der Waals surface area (Å²) in [5.41, 5.74) is 2.82. The Bertz CT molecular complexity index is 724. The summed E-state index contributed by atoms with van der Waals surface area (Å²) in [6.45, 7) is 0.507. The van der Waals surface area contributed by atoms with E-state index in [-0.39, 0.29) is 5.91 Å². The average Bonchev–Trinajstić information content (AvgIpc) is 3.08. The van der Waals surface area contributed by atoms with Crippen LogP contribution >= 0.6 is 11.3 Å². The third kappa shape index (κ3) is 3.35. The predicted molar refractivity (Wildman–Crippen MR) is 85.2 cm³/mol. The fourth-order valence-corrected chi connectivity index (χ4v) is 2.69. The molecule has 0 bridgehead atoms. The molecule has 0 aliphatic heterocycles. The lowest BCUT2D eigenvalue weighted by atomic mass is 10.1. The summed E-state index contributed by atoms with van der Waals surface area (Å²) < 4.78 is 0. The van der Waals surface area contributed by atoms with Crippen LogP contribution in [0.4, 0.5) is 0 Å². The highest BCUT2D eigenvalue weighted by Crippen LogP contribution is 2.22. The Morgan fingerprint density at radius 1 is 1.10 bits per heavy atom. The number of hydrogen-bond donors (Lipinski definition) is 1. The summed E-state index contributed by atoms with van der Waals surface area (Å²) in [7, 11) is 0. The molecule has 1 N–H and O–H groups in total. The number of rotatable bonds is 4. The van der Waals surface area contributed by atoms with Crippen molar-refractivity contribution in [3.05, 3.63) is 77.3 Å². The molecule has 0 fully saturated rings. The topological polar surface area (TPSA) is 42.0 Å². The van der Waals surface area contributed by atoms with Gasteiger partial charge in [0.25, 0.3) is 5.91 Å². The van der Waals surface area contributed by atoms with Gasteiger partial charge < -0.3 is 5.32 Å². The van der Waals surface area contributed by atoms with Crippen LogP contribution in [0.5, 0.6) is 0 Å². The fourth-order valence-electron chi connectivity index (χ4n) is 2.05. The number of hydrogen-bond acceptors (Lipinski definition) is 3. The number of benzene rings is 2. The Hall–Kier alpha value is -2.46. The molecule has 0 aliphatic carbocycles. The van der Waals surface area contributed by atoms with Gasteiger partial charge in [0.05, 0.1) is 0 Å². The highest BCUT2D eigenvalue weighted by Gasteiger charge is 2.05. The SMILES string of the molecule is O=C(NCc1cccc(-c2nccs2)c1)c1ccccc1. The van der Waals surface area contributed by atoms with Crippen LogP contribution in [0.1, 0.15) is 15.9 Å². The average molecular weight is 294 g/mol. The molecule has 1 aromatic heterocycles. The minimum atomic E-state index is -0.0600. The van der Waals surface area contributed by atoms with Gasteiger partial charge in [-0.15, -0.1) is 11.3 Å². The number of amides is 1. The maximum Gasteiger partial charge on any atom is 0.251 e. The first-order chi connectivity index (χ1) is 10.3. The summed E-state index contributed by atoms with van der Waals surface area (Å²) >= 11 is 1.61. The van der Waals surface area contributed by atoms with E-state index in [4.69, 9.17) is 0 Å². The highest BCUT2D eigenvalue weighted by molar-refractivity contribution is 7.13. The molecule has 0 atom stereocenters. The largest absolute Gasteiger partial charge is 0.348 e. The van der Waals surface area contributed by atoms with Gasteiger partial charge in [-0.25, -0.2) is 4.98 Å². The number of nitrogens with zero attached hydrogens (tertiary/aromatic N) is 1. The Balaban J connectivity index is 1.69. The smallest absolute Gasteiger partial charge is 0.251 e. The normalized spacial score (nSPS) is 10.3. The van der Waals surface area contributed by atoms with Gasteiger partial charge in [-0.05, 0) is 23.8 Å². The predicted octanol–water partition coefficient (Wildman–Crippen LogP) is 3.74. The van der Waals surface area contributed by atoms with E-state index in [2.05, 4.69) is 16.4 Å².